The van der Waals surface area contributed by atoms with E-state index in [2.05, 4.69) is 10.1 Å². The first kappa shape index (κ1) is 18.0. The number of amides is 1. The van der Waals surface area contributed by atoms with Gasteiger partial charge in [-0.25, -0.2) is 9.59 Å². The zero-order valence-electron chi connectivity index (χ0n) is 13.5. The summed E-state index contributed by atoms with van der Waals surface area (Å²) >= 11 is 0. The Morgan fingerprint density at radius 2 is 1.76 bits per heavy atom. The van der Waals surface area contributed by atoms with Crippen molar-refractivity contribution in [3.8, 4) is 5.75 Å². The molecule has 0 aliphatic rings. The monoisotopic (exact) mass is 343 g/mol. The topological polar surface area (TPSA) is 102 Å². The lowest BCUT2D eigenvalue weighted by Gasteiger charge is -2.07. The van der Waals surface area contributed by atoms with Gasteiger partial charge in [0.25, 0.3) is 5.91 Å². The standard InChI is InChI=1S/C18H17NO6/c1-2-24-18(23)25-15-8-6-13(7-9-15)16(20)19-11-12-4-3-5-14(10-12)17(21)22/h3-10H,2,11H2,1H3,(H,19,20)(H,21,22). The summed E-state index contributed by atoms with van der Waals surface area (Å²) in [4.78, 5) is 34.2. The summed E-state index contributed by atoms with van der Waals surface area (Å²) in [6, 6.07) is 12.3. The second-order valence-electron chi connectivity index (χ2n) is 5.00. The van der Waals surface area contributed by atoms with Crippen LogP contribution in [0.3, 0.4) is 0 Å². The lowest BCUT2D eigenvalue weighted by atomic mass is 10.1. The maximum atomic E-state index is 12.1. The molecule has 0 aromatic heterocycles. The molecule has 0 radical (unpaired) electrons. The molecule has 25 heavy (non-hydrogen) atoms. The molecule has 7 heteroatoms. The summed E-state index contributed by atoms with van der Waals surface area (Å²) < 4.78 is 9.56. The van der Waals surface area contributed by atoms with E-state index < -0.39 is 12.1 Å². The van der Waals surface area contributed by atoms with Crippen molar-refractivity contribution in [2.75, 3.05) is 6.61 Å². The van der Waals surface area contributed by atoms with Crippen molar-refractivity contribution in [1.29, 1.82) is 0 Å². The van der Waals surface area contributed by atoms with Crippen molar-refractivity contribution in [3.05, 3.63) is 65.2 Å². The third kappa shape index (κ3) is 5.35. The van der Waals surface area contributed by atoms with Crippen LogP contribution in [0.2, 0.25) is 0 Å². The Kier molecular flexibility index (Phi) is 6.11. The van der Waals surface area contributed by atoms with E-state index in [1.807, 2.05) is 0 Å². The number of benzene rings is 2. The Balaban J connectivity index is 1.93. The number of carbonyl (C=O) groups excluding carboxylic acids is 2. The van der Waals surface area contributed by atoms with Gasteiger partial charge in [-0.3, -0.25) is 4.79 Å². The lowest BCUT2D eigenvalue weighted by molar-refractivity contribution is 0.0696. The predicted molar refractivity (Wildman–Crippen MR) is 88.7 cm³/mol. The second-order valence-corrected chi connectivity index (χ2v) is 5.00. The maximum Gasteiger partial charge on any atom is 0.513 e. The summed E-state index contributed by atoms with van der Waals surface area (Å²) in [6.45, 7) is 2.07. The smallest absolute Gasteiger partial charge is 0.478 e. The summed E-state index contributed by atoms with van der Waals surface area (Å²) in [5, 5.41) is 11.7. The minimum atomic E-state index is -1.02. The van der Waals surface area contributed by atoms with Gasteiger partial charge in [-0.2, -0.15) is 0 Å². The van der Waals surface area contributed by atoms with E-state index in [1.165, 1.54) is 36.4 Å². The molecule has 0 bridgehead atoms. The highest BCUT2D eigenvalue weighted by Crippen LogP contribution is 2.13. The molecule has 0 aliphatic carbocycles. The van der Waals surface area contributed by atoms with Crippen molar-refractivity contribution < 1.29 is 29.0 Å². The lowest BCUT2D eigenvalue weighted by Crippen LogP contribution is -2.22. The van der Waals surface area contributed by atoms with Crippen LogP contribution in [0.5, 0.6) is 5.75 Å². The normalized spacial score (nSPS) is 9.96. The van der Waals surface area contributed by atoms with Crippen LogP contribution in [0, 0.1) is 0 Å². The van der Waals surface area contributed by atoms with E-state index in [0.29, 0.717) is 11.1 Å². The van der Waals surface area contributed by atoms with Gasteiger partial charge in [0.2, 0.25) is 0 Å². The molecule has 2 aromatic carbocycles. The molecule has 0 saturated heterocycles. The first-order valence-corrected chi connectivity index (χ1v) is 7.54. The average Bonchev–Trinajstić information content (AvgIpc) is 2.60. The summed E-state index contributed by atoms with van der Waals surface area (Å²) in [6.07, 6.45) is -0.807. The van der Waals surface area contributed by atoms with E-state index in [-0.39, 0.29) is 30.4 Å². The molecule has 1 amide bonds. The molecule has 0 aliphatic heterocycles. The largest absolute Gasteiger partial charge is 0.513 e. The quantitative estimate of drug-likeness (QED) is 0.618. The zero-order valence-corrected chi connectivity index (χ0v) is 13.5. The summed E-state index contributed by atoms with van der Waals surface area (Å²) in [5.74, 6) is -1.09. The third-order valence-electron chi connectivity index (χ3n) is 3.21. The first-order valence-electron chi connectivity index (χ1n) is 7.54. The molecule has 0 fully saturated rings. The Hall–Kier alpha value is -3.35. The van der Waals surface area contributed by atoms with Crippen LogP contribution in [0.4, 0.5) is 4.79 Å². The van der Waals surface area contributed by atoms with Crippen LogP contribution < -0.4 is 10.1 Å². The van der Waals surface area contributed by atoms with E-state index in [1.54, 1.807) is 19.1 Å². The highest BCUT2D eigenvalue weighted by Gasteiger charge is 2.09. The molecule has 130 valence electrons. The van der Waals surface area contributed by atoms with Crippen molar-refractivity contribution in [3.63, 3.8) is 0 Å². The number of carboxylic acid groups (broad SMARTS) is 1. The van der Waals surface area contributed by atoms with Crippen LogP contribution in [0.25, 0.3) is 0 Å². The van der Waals surface area contributed by atoms with Crippen LogP contribution in [0.1, 0.15) is 33.2 Å². The molecule has 0 spiro atoms. The molecule has 7 nitrogen and oxygen atoms in total. The van der Waals surface area contributed by atoms with Crippen molar-refractivity contribution in [2.45, 2.75) is 13.5 Å². The van der Waals surface area contributed by atoms with Crippen molar-refractivity contribution in [2.24, 2.45) is 0 Å². The van der Waals surface area contributed by atoms with Gasteiger partial charge >= 0.3 is 12.1 Å². The highest BCUT2D eigenvalue weighted by atomic mass is 16.7. The molecular weight excluding hydrogens is 326 g/mol. The molecule has 2 rings (SSSR count). The SMILES string of the molecule is CCOC(=O)Oc1ccc(C(=O)NCc2cccc(C(=O)O)c2)cc1. The molecule has 0 unspecified atom stereocenters. The van der Waals surface area contributed by atoms with Crippen LogP contribution in [0.15, 0.2) is 48.5 Å². The van der Waals surface area contributed by atoms with Crippen LogP contribution in [-0.2, 0) is 11.3 Å². The first-order chi connectivity index (χ1) is 12.0. The van der Waals surface area contributed by atoms with Gasteiger partial charge in [-0.05, 0) is 48.9 Å². The molecular formula is C18H17NO6. The molecule has 0 heterocycles. The Bertz CT molecular complexity index is 769. The minimum absolute atomic E-state index is 0.159. The number of carbonyl (C=O) groups is 3. The predicted octanol–water partition coefficient (Wildman–Crippen LogP) is 2.85. The van der Waals surface area contributed by atoms with E-state index in [0.717, 1.165) is 0 Å². The van der Waals surface area contributed by atoms with Gasteiger partial charge in [0.1, 0.15) is 5.75 Å². The highest BCUT2D eigenvalue weighted by molar-refractivity contribution is 5.94. The Morgan fingerprint density at radius 3 is 2.40 bits per heavy atom. The number of ether oxygens (including phenoxy) is 2. The Labute approximate surface area is 144 Å². The molecule has 0 saturated carbocycles. The van der Waals surface area contributed by atoms with Gasteiger partial charge in [-0.15, -0.1) is 0 Å². The second kappa shape index (κ2) is 8.49. The summed E-state index contributed by atoms with van der Waals surface area (Å²) in [5.41, 5.74) is 1.22. The van der Waals surface area contributed by atoms with Gasteiger partial charge in [0, 0.05) is 12.1 Å². The number of aromatic carboxylic acids is 1. The zero-order chi connectivity index (χ0) is 18.2. The fourth-order valence-corrected chi connectivity index (χ4v) is 2.02. The van der Waals surface area contributed by atoms with Gasteiger partial charge < -0.3 is 19.9 Å². The van der Waals surface area contributed by atoms with Gasteiger partial charge in [0.15, 0.2) is 0 Å². The number of hydrogen-bond acceptors (Lipinski definition) is 5. The maximum absolute atomic E-state index is 12.1. The molecule has 2 N–H and O–H groups in total. The van der Waals surface area contributed by atoms with Crippen LogP contribution in [-0.4, -0.2) is 29.7 Å². The van der Waals surface area contributed by atoms with Gasteiger partial charge in [-0.1, -0.05) is 12.1 Å². The molecule has 2 aromatic rings. The number of carboxylic acids is 1. The average molecular weight is 343 g/mol. The summed E-state index contributed by atoms with van der Waals surface area (Å²) in [7, 11) is 0. The molecule has 0 atom stereocenters. The fourth-order valence-electron chi connectivity index (χ4n) is 2.02. The van der Waals surface area contributed by atoms with E-state index in [9.17, 15) is 14.4 Å². The Morgan fingerprint density at radius 1 is 1.04 bits per heavy atom. The van der Waals surface area contributed by atoms with Crippen molar-refractivity contribution >= 4 is 18.0 Å². The fraction of sp³-hybridized carbons (Fsp3) is 0.167. The number of nitrogens with one attached hydrogen (secondary N) is 1. The van der Waals surface area contributed by atoms with Crippen LogP contribution >= 0.6 is 0 Å². The third-order valence-corrected chi connectivity index (χ3v) is 3.21. The van der Waals surface area contributed by atoms with Gasteiger partial charge in [0.05, 0.1) is 12.2 Å². The number of hydrogen-bond donors (Lipinski definition) is 2. The minimum Gasteiger partial charge on any atom is -0.478 e. The van der Waals surface area contributed by atoms with E-state index in [4.69, 9.17) is 9.84 Å². The number of rotatable bonds is 6. The van der Waals surface area contributed by atoms with E-state index >= 15 is 0 Å². The van der Waals surface area contributed by atoms with Crippen molar-refractivity contribution in [1.82, 2.24) is 5.32 Å².